The minimum atomic E-state index is -0.474. The molecule has 0 atom stereocenters. The number of aryl methyl sites for hydroxylation is 1. The first-order valence-corrected chi connectivity index (χ1v) is 12.7. The average molecular weight is 535 g/mol. The van der Waals surface area contributed by atoms with Gasteiger partial charge < -0.3 is 25.3 Å². The lowest BCUT2D eigenvalue weighted by molar-refractivity contribution is -0.0924. The summed E-state index contributed by atoms with van der Waals surface area (Å²) >= 11 is 1.53. The van der Waals surface area contributed by atoms with Crippen molar-refractivity contribution in [1.82, 2.24) is 15.0 Å². The zero-order chi connectivity index (χ0) is 26.7. The summed E-state index contributed by atoms with van der Waals surface area (Å²) in [5.41, 5.74) is 7.35. The molecule has 5 rings (SSSR count). The van der Waals surface area contributed by atoms with Crippen LogP contribution < -0.4 is 20.5 Å². The highest BCUT2D eigenvalue weighted by atomic mass is 32.1. The van der Waals surface area contributed by atoms with Crippen LogP contribution in [0, 0.1) is 23.6 Å². The molecule has 11 heteroatoms. The van der Waals surface area contributed by atoms with Crippen LogP contribution >= 0.6 is 11.3 Å². The minimum Gasteiger partial charge on any atom is -0.488 e. The van der Waals surface area contributed by atoms with Gasteiger partial charge in [-0.3, -0.25) is 5.41 Å². The molecule has 4 aromatic rings. The molecule has 4 N–H and O–H groups in total. The van der Waals surface area contributed by atoms with Crippen LogP contribution in [0.4, 0.5) is 16.0 Å². The summed E-state index contributed by atoms with van der Waals surface area (Å²) in [7, 11) is 0. The number of hydrogen-bond donors (Lipinski definition) is 3. The number of rotatable bonds is 10. The van der Waals surface area contributed by atoms with Gasteiger partial charge >= 0.3 is 0 Å². The summed E-state index contributed by atoms with van der Waals surface area (Å²) in [6, 6.07) is 11.1. The summed E-state index contributed by atoms with van der Waals surface area (Å²) in [6.07, 6.45) is 3.12. The van der Waals surface area contributed by atoms with E-state index in [-0.39, 0.29) is 16.9 Å². The molecule has 0 amide bonds. The van der Waals surface area contributed by atoms with Crippen LogP contribution in [0.15, 0.2) is 55.0 Å². The van der Waals surface area contributed by atoms with E-state index < -0.39 is 5.82 Å². The number of halogens is 1. The third kappa shape index (κ3) is 5.90. The molecule has 1 saturated heterocycles. The Bertz CT molecular complexity index is 1460. The van der Waals surface area contributed by atoms with E-state index in [1.807, 2.05) is 6.92 Å². The Balaban J connectivity index is 1.27. The minimum absolute atomic E-state index is 0.0141. The van der Waals surface area contributed by atoms with Crippen molar-refractivity contribution in [2.45, 2.75) is 20.5 Å². The Hall–Kier alpha value is -4.09. The second kappa shape index (κ2) is 10.7. The van der Waals surface area contributed by atoms with Crippen LogP contribution in [0.5, 0.6) is 17.2 Å². The fourth-order valence-corrected chi connectivity index (χ4v) is 4.61. The molecule has 38 heavy (non-hydrogen) atoms. The maximum Gasteiger partial charge on any atom is 0.141 e. The van der Waals surface area contributed by atoms with E-state index in [4.69, 9.17) is 25.4 Å². The molecule has 0 bridgehead atoms. The summed E-state index contributed by atoms with van der Waals surface area (Å²) in [5, 5.41) is 13.0. The van der Waals surface area contributed by atoms with Crippen molar-refractivity contribution in [3.05, 3.63) is 81.8 Å². The van der Waals surface area contributed by atoms with E-state index in [0.29, 0.717) is 60.6 Å². The van der Waals surface area contributed by atoms with Crippen LogP contribution in [0.2, 0.25) is 0 Å². The standard InChI is InChI=1S/C27H27FN6O3S/c1-16-31-10-22(38-16)11-36-20-7-18(28)8-21(9-20)37-19-5-3-17(4-6-19)24(29)23-25(30)33-15-34-26(23)32-12-27(2)13-35-14-27/h3-10,15,29H,11-14H2,1-2H3,(H3,30,32,33,34). The van der Waals surface area contributed by atoms with Crippen LogP contribution in [0.25, 0.3) is 0 Å². The summed E-state index contributed by atoms with van der Waals surface area (Å²) in [6.45, 7) is 6.30. The predicted molar refractivity (Wildman–Crippen MR) is 144 cm³/mol. The molecule has 9 nitrogen and oxygen atoms in total. The molecule has 2 aromatic carbocycles. The number of thiazole rings is 1. The van der Waals surface area contributed by atoms with E-state index in [0.717, 1.165) is 9.88 Å². The van der Waals surface area contributed by atoms with Crippen LogP contribution in [-0.2, 0) is 11.3 Å². The third-order valence-electron chi connectivity index (χ3n) is 5.98. The lowest BCUT2D eigenvalue weighted by atomic mass is 9.88. The molecule has 0 unspecified atom stereocenters. The second-order valence-corrected chi connectivity index (χ2v) is 10.7. The Morgan fingerprint density at radius 2 is 1.89 bits per heavy atom. The topological polar surface area (TPSA) is 128 Å². The molecule has 0 aliphatic carbocycles. The van der Waals surface area contributed by atoms with E-state index in [1.165, 1.54) is 29.8 Å². The Labute approximate surface area is 223 Å². The van der Waals surface area contributed by atoms with E-state index in [1.54, 1.807) is 36.5 Å². The fourth-order valence-electron chi connectivity index (χ4n) is 3.91. The highest BCUT2D eigenvalue weighted by Gasteiger charge is 2.33. The van der Waals surface area contributed by atoms with Gasteiger partial charge in [0.1, 0.15) is 47.6 Å². The zero-order valence-corrected chi connectivity index (χ0v) is 21.8. The number of nitrogens with zero attached hydrogens (tertiary/aromatic N) is 3. The number of benzene rings is 2. The number of hydrogen-bond acceptors (Lipinski definition) is 10. The lowest BCUT2D eigenvalue weighted by Gasteiger charge is -2.38. The summed E-state index contributed by atoms with van der Waals surface area (Å²) in [5.74, 6) is 1.36. The van der Waals surface area contributed by atoms with Gasteiger partial charge in [0.05, 0.1) is 34.4 Å². The number of ether oxygens (including phenoxy) is 3. The van der Waals surface area contributed by atoms with Gasteiger partial charge in [-0.1, -0.05) is 6.92 Å². The van der Waals surface area contributed by atoms with Crippen molar-refractivity contribution in [2.75, 3.05) is 30.8 Å². The van der Waals surface area contributed by atoms with Crippen molar-refractivity contribution in [1.29, 1.82) is 5.41 Å². The first-order chi connectivity index (χ1) is 18.3. The Morgan fingerprint density at radius 3 is 2.58 bits per heavy atom. The van der Waals surface area contributed by atoms with Crippen molar-refractivity contribution >= 4 is 28.7 Å². The molecule has 3 heterocycles. The zero-order valence-electron chi connectivity index (χ0n) is 21.0. The van der Waals surface area contributed by atoms with Crippen LogP contribution in [-0.4, -0.2) is 40.4 Å². The van der Waals surface area contributed by atoms with Crippen molar-refractivity contribution in [3.8, 4) is 17.2 Å². The van der Waals surface area contributed by atoms with Gasteiger partial charge in [-0.2, -0.15) is 0 Å². The number of aromatic nitrogens is 3. The molecule has 1 fully saturated rings. The Kier molecular flexibility index (Phi) is 7.21. The van der Waals surface area contributed by atoms with Crippen LogP contribution in [0.3, 0.4) is 0 Å². The molecule has 1 aliphatic heterocycles. The molecule has 0 spiro atoms. The molecule has 0 radical (unpaired) electrons. The molecular formula is C27H27FN6O3S. The maximum atomic E-state index is 14.2. The lowest BCUT2D eigenvalue weighted by Crippen LogP contribution is -2.45. The first kappa shape index (κ1) is 25.6. The van der Waals surface area contributed by atoms with Gasteiger partial charge in [-0.05, 0) is 31.2 Å². The highest BCUT2D eigenvalue weighted by molar-refractivity contribution is 7.11. The van der Waals surface area contributed by atoms with E-state index in [9.17, 15) is 4.39 Å². The van der Waals surface area contributed by atoms with Gasteiger partial charge in [-0.25, -0.2) is 19.3 Å². The van der Waals surface area contributed by atoms with Crippen molar-refractivity contribution < 1.29 is 18.6 Å². The van der Waals surface area contributed by atoms with E-state index >= 15 is 0 Å². The summed E-state index contributed by atoms with van der Waals surface area (Å²) < 4.78 is 31.1. The molecule has 2 aromatic heterocycles. The number of nitrogens with one attached hydrogen (secondary N) is 2. The van der Waals surface area contributed by atoms with Gasteiger partial charge in [0.2, 0.25) is 0 Å². The molecule has 0 saturated carbocycles. The van der Waals surface area contributed by atoms with Gasteiger partial charge in [0.25, 0.3) is 0 Å². The average Bonchev–Trinajstić information content (AvgIpc) is 3.30. The van der Waals surface area contributed by atoms with Gasteiger partial charge in [0, 0.05) is 41.9 Å². The molecular weight excluding hydrogens is 507 g/mol. The summed E-state index contributed by atoms with van der Waals surface area (Å²) in [4.78, 5) is 13.5. The van der Waals surface area contributed by atoms with Crippen molar-refractivity contribution in [3.63, 3.8) is 0 Å². The first-order valence-electron chi connectivity index (χ1n) is 11.9. The number of anilines is 2. The quantitative estimate of drug-likeness (QED) is 0.237. The maximum absolute atomic E-state index is 14.2. The third-order valence-corrected chi connectivity index (χ3v) is 6.87. The largest absolute Gasteiger partial charge is 0.488 e. The number of nitrogens with two attached hydrogens (primary N) is 1. The fraction of sp³-hybridized carbons (Fsp3) is 0.259. The monoisotopic (exact) mass is 534 g/mol. The predicted octanol–water partition coefficient (Wildman–Crippen LogP) is 5.20. The van der Waals surface area contributed by atoms with Gasteiger partial charge in [-0.15, -0.1) is 11.3 Å². The second-order valence-electron chi connectivity index (χ2n) is 9.40. The van der Waals surface area contributed by atoms with Crippen LogP contribution in [0.1, 0.15) is 27.9 Å². The normalized spacial score (nSPS) is 14.0. The Morgan fingerprint density at radius 1 is 1.13 bits per heavy atom. The molecule has 196 valence electrons. The highest BCUT2D eigenvalue weighted by Crippen LogP contribution is 2.30. The SMILES string of the molecule is Cc1ncc(COc2cc(F)cc(Oc3ccc(C(=N)c4c(N)ncnc4NCC4(C)COC4)cc3)c2)s1. The smallest absolute Gasteiger partial charge is 0.141 e. The van der Waals surface area contributed by atoms with E-state index in [2.05, 4.69) is 27.2 Å². The van der Waals surface area contributed by atoms with Gasteiger partial charge in [0.15, 0.2) is 0 Å². The number of nitrogen functional groups attached to an aromatic ring is 1. The molecule has 1 aliphatic rings. The van der Waals surface area contributed by atoms with Crippen molar-refractivity contribution in [2.24, 2.45) is 5.41 Å².